The molecule has 2 amide bonds. The molecule has 2 rings (SSSR count). The third-order valence-electron chi connectivity index (χ3n) is 4.13. The van der Waals surface area contributed by atoms with Gasteiger partial charge >= 0.3 is 6.03 Å². The normalized spacial score (nSPS) is 12.0. The van der Waals surface area contributed by atoms with Gasteiger partial charge in [-0.15, -0.1) is 0 Å². The second-order valence-electron chi connectivity index (χ2n) is 6.28. The van der Waals surface area contributed by atoms with Crippen LogP contribution in [0.1, 0.15) is 29.7 Å². The lowest BCUT2D eigenvalue weighted by Gasteiger charge is -2.25. The monoisotopic (exact) mass is 325 g/mol. The summed E-state index contributed by atoms with van der Waals surface area (Å²) in [4.78, 5) is 14.3. The maximum absolute atomic E-state index is 12.1. The van der Waals surface area contributed by atoms with E-state index in [1.807, 2.05) is 45.3 Å². The van der Waals surface area contributed by atoms with E-state index >= 15 is 0 Å². The highest BCUT2D eigenvalue weighted by Gasteiger charge is 2.15. The minimum absolute atomic E-state index is 0.138. The van der Waals surface area contributed by atoms with Gasteiger partial charge in [-0.3, -0.25) is 0 Å². The maximum atomic E-state index is 12.1. The molecular weight excluding hydrogens is 298 g/mol. The lowest BCUT2D eigenvalue weighted by Crippen LogP contribution is -2.36. The summed E-state index contributed by atoms with van der Waals surface area (Å²) in [5.41, 5.74) is 4.45. The van der Waals surface area contributed by atoms with Crippen molar-refractivity contribution in [2.75, 3.05) is 26.0 Å². The largest absolute Gasteiger partial charge is 0.336 e. The van der Waals surface area contributed by atoms with Crippen molar-refractivity contribution in [1.29, 1.82) is 0 Å². The number of hydrogen-bond acceptors (Lipinski definition) is 2. The Morgan fingerprint density at radius 3 is 2.42 bits per heavy atom. The number of likely N-dealkylation sites (N-methyl/N-ethyl adjacent to an activating group) is 1. The van der Waals surface area contributed by atoms with E-state index in [4.69, 9.17) is 0 Å². The smallest absolute Gasteiger partial charge is 0.319 e. The molecule has 4 nitrogen and oxygen atoms in total. The lowest BCUT2D eigenvalue weighted by molar-refractivity contribution is 0.243. The molecule has 0 aliphatic rings. The molecule has 0 unspecified atom stereocenters. The summed E-state index contributed by atoms with van der Waals surface area (Å²) in [5, 5.41) is 5.85. The number of amides is 2. The Labute approximate surface area is 144 Å². The number of urea groups is 1. The molecule has 2 N–H and O–H groups in total. The molecule has 128 valence electrons. The van der Waals surface area contributed by atoms with Gasteiger partial charge < -0.3 is 15.5 Å². The zero-order chi connectivity index (χ0) is 17.5. The van der Waals surface area contributed by atoms with Crippen LogP contribution in [0, 0.1) is 6.92 Å². The highest BCUT2D eigenvalue weighted by molar-refractivity contribution is 5.89. The zero-order valence-corrected chi connectivity index (χ0v) is 15.0. The van der Waals surface area contributed by atoms with E-state index in [9.17, 15) is 4.79 Å². The predicted molar refractivity (Wildman–Crippen MR) is 100 cm³/mol. The van der Waals surface area contributed by atoms with E-state index < -0.39 is 0 Å². The number of aryl methyl sites for hydroxylation is 2. The molecule has 0 bridgehead atoms. The van der Waals surface area contributed by atoms with Crippen molar-refractivity contribution < 1.29 is 4.79 Å². The van der Waals surface area contributed by atoms with Crippen molar-refractivity contribution in [3.8, 4) is 0 Å². The maximum Gasteiger partial charge on any atom is 0.319 e. The van der Waals surface area contributed by atoms with Gasteiger partial charge in [-0.2, -0.15) is 0 Å². The standard InChI is InChI=1S/C20H27N3O/c1-5-16-9-11-17(12-10-16)19(23(3)4)14-21-20(24)22-18-8-6-7-15(2)13-18/h6-13,19H,5,14H2,1-4H3,(H2,21,22,24)/t19-/m1/s1. The molecule has 0 saturated heterocycles. The van der Waals surface area contributed by atoms with Crippen molar-refractivity contribution in [1.82, 2.24) is 10.2 Å². The lowest BCUT2D eigenvalue weighted by atomic mass is 10.0. The first-order chi connectivity index (χ1) is 11.5. The van der Waals surface area contributed by atoms with Crippen molar-refractivity contribution >= 4 is 11.7 Å². The summed E-state index contributed by atoms with van der Waals surface area (Å²) >= 11 is 0. The number of benzene rings is 2. The molecule has 2 aromatic carbocycles. The molecule has 4 heteroatoms. The first-order valence-electron chi connectivity index (χ1n) is 8.36. The fraction of sp³-hybridized carbons (Fsp3) is 0.350. The Balaban J connectivity index is 1.96. The summed E-state index contributed by atoms with van der Waals surface area (Å²) in [6.45, 7) is 4.71. The van der Waals surface area contributed by atoms with Crippen LogP contribution in [0.4, 0.5) is 10.5 Å². The third-order valence-corrected chi connectivity index (χ3v) is 4.13. The second kappa shape index (κ2) is 8.50. The molecule has 0 heterocycles. The first-order valence-corrected chi connectivity index (χ1v) is 8.36. The number of anilines is 1. The summed E-state index contributed by atoms with van der Waals surface area (Å²) in [5.74, 6) is 0. The molecule has 0 spiro atoms. The Bertz CT molecular complexity index is 665. The summed E-state index contributed by atoms with van der Waals surface area (Å²) < 4.78 is 0. The van der Waals surface area contributed by atoms with Gasteiger partial charge in [0.1, 0.15) is 0 Å². The van der Waals surface area contributed by atoms with Crippen molar-refractivity contribution in [2.45, 2.75) is 26.3 Å². The average molecular weight is 325 g/mol. The predicted octanol–water partition coefficient (Wildman–Crippen LogP) is 3.98. The van der Waals surface area contributed by atoms with Crippen LogP contribution in [0.5, 0.6) is 0 Å². The van der Waals surface area contributed by atoms with Crippen LogP contribution in [0.25, 0.3) is 0 Å². The molecule has 0 fully saturated rings. The van der Waals surface area contributed by atoms with Crippen LogP contribution in [0.15, 0.2) is 48.5 Å². The minimum Gasteiger partial charge on any atom is -0.336 e. The van der Waals surface area contributed by atoms with E-state index in [1.165, 1.54) is 11.1 Å². The fourth-order valence-electron chi connectivity index (χ4n) is 2.66. The van der Waals surface area contributed by atoms with Crippen molar-refractivity contribution in [3.05, 3.63) is 65.2 Å². The van der Waals surface area contributed by atoms with Crippen molar-refractivity contribution in [2.24, 2.45) is 0 Å². The highest BCUT2D eigenvalue weighted by atomic mass is 16.2. The van der Waals surface area contributed by atoms with E-state index in [0.29, 0.717) is 6.54 Å². The molecule has 24 heavy (non-hydrogen) atoms. The molecule has 1 atom stereocenters. The zero-order valence-electron chi connectivity index (χ0n) is 15.0. The number of rotatable bonds is 6. The topological polar surface area (TPSA) is 44.4 Å². The van der Waals surface area contributed by atoms with Crippen LogP contribution in [-0.2, 0) is 6.42 Å². The van der Waals surface area contributed by atoms with Crippen LogP contribution >= 0.6 is 0 Å². The van der Waals surface area contributed by atoms with E-state index in [0.717, 1.165) is 17.7 Å². The first kappa shape index (κ1) is 18.0. The summed E-state index contributed by atoms with van der Waals surface area (Å²) in [6, 6.07) is 16.3. The Kier molecular flexibility index (Phi) is 6.38. The van der Waals surface area contributed by atoms with E-state index in [2.05, 4.69) is 46.7 Å². The number of nitrogens with zero attached hydrogens (tertiary/aromatic N) is 1. The van der Waals surface area contributed by atoms with Gasteiger partial charge in [0.2, 0.25) is 0 Å². The molecule has 0 saturated carbocycles. The molecule has 2 aromatic rings. The Hall–Kier alpha value is -2.33. The number of carbonyl (C=O) groups is 1. The van der Waals surface area contributed by atoms with E-state index in [-0.39, 0.29) is 12.1 Å². The van der Waals surface area contributed by atoms with Crippen molar-refractivity contribution in [3.63, 3.8) is 0 Å². The minimum atomic E-state index is -0.183. The molecular formula is C20H27N3O. The highest BCUT2D eigenvalue weighted by Crippen LogP contribution is 2.18. The second-order valence-corrected chi connectivity index (χ2v) is 6.28. The number of carbonyl (C=O) groups excluding carboxylic acids is 1. The molecule has 0 aromatic heterocycles. The number of nitrogens with one attached hydrogen (secondary N) is 2. The van der Waals surface area contributed by atoms with Gasteiger partial charge in [-0.25, -0.2) is 4.79 Å². The van der Waals surface area contributed by atoms with E-state index in [1.54, 1.807) is 0 Å². The molecule has 0 radical (unpaired) electrons. The quantitative estimate of drug-likeness (QED) is 0.843. The Morgan fingerprint density at radius 2 is 1.83 bits per heavy atom. The summed E-state index contributed by atoms with van der Waals surface area (Å²) in [7, 11) is 4.05. The third kappa shape index (κ3) is 5.10. The van der Waals surface area contributed by atoms with Gasteiger partial charge in [0.25, 0.3) is 0 Å². The van der Waals surface area contributed by atoms with Gasteiger partial charge in [-0.05, 0) is 56.3 Å². The SMILES string of the molecule is CCc1ccc([C@@H](CNC(=O)Nc2cccc(C)c2)N(C)C)cc1. The molecule has 0 aliphatic heterocycles. The number of hydrogen-bond donors (Lipinski definition) is 2. The Morgan fingerprint density at radius 1 is 1.12 bits per heavy atom. The summed E-state index contributed by atoms with van der Waals surface area (Å²) in [6.07, 6.45) is 1.03. The van der Waals surface area contributed by atoms with Gasteiger partial charge in [0, 0.05) is 12.2 Å². The fourth-order valence-corrected chi connectivity index (χ4v) is 2.66. The van der Waals surface area contributed by atoms with Crippen LogP contribution < -0.4 is 10.6 Å². The van der Waals surface area contributed by atoms with Gasteiger partial charge in [0.05, 0.1) is 6.04 Å². The van der Waals surface area contributed by atoms with Crippen LogP contribution in [0.3, 0.4) is 0 Å². The van der Waals surface area contributed by atoms with Crippen LogP contribution in [-0.4, -0.2) is 31.6 Å². The van der Waals surface area contributed by atoms with Gasteiger partial charge in [-0.1, -0.05) is 43.3 Å². The van der Waals surface area contributed by atoms with Crippen LogP contribution in [0.2, 0.25) is 0 Å². The average Bonchev–Trinajstić information content (AvgIpc) is 2.55. The van der Waals surface area contributed by atoms with Gasteiger partial charge in [0.15, 0.2) is 0 Å². The molecule has 0 aliphatic carbocycles.